The number of alkyl carbamates (subject to hydrolysis) is 1. The lowest BCUT2D eigenvalue weighted by molar-refractivity contribution is -0.119. The fourth-order valence-electron chi connectivity index (χ4n) is 3.27. The highest BCUT2D eigenvalue weighted by Crippen LogP contribution is 2.20. The third kappa shape index (κ3) is 8.26. The number of para-hydroxylation sites is 1. The number of nitrogens with zero attached hydrogens (tertiary/aromatic N) is 1. The van der Waals surface area contributed by atoms with Crippen LogP contribution in [0, 0.1) is 0 Å². The third-order valence-corrected chi connectivity index (χ3v) is 6.57. The molecular weight excluding hydrogens is 462 g/mol. The van der Waals surface area contributed by atoms with Crippen molar-refractivity contribution in [1.29, 1.82) is 0 Å². The van der Waals surface area contributed by atoms with Gasteiger partial charge in [0.15, 0.2) is 0 Å². The molecule has 8 heteroatoms. The van der Waals surface area contributed by atoms with Gasteiger partial charge in [0.25, 0.3) is 5.91 Å². The molecule has 0 bridgehead atoms. The maximum absolute atomic E-state index is 13.4. The summed E-state index contributed by atoms with van der Waals surface area (Å²) < 4.78 is 22.7. The van der Waals surface area contributed by atoms with E-state index in [0.29, 0.717) is 4.90 Å². The quantitative estimate of drug-likeness (QED) is 0.450. The lowest BCUT2D eigenvalue weighted by Crippen LogP contribution is -2.44. The van der Waals surface area contributed by atoms with Crippen molar-refractivity contribution in [2.45, 2.75) is 43.7 Å². The van der Waals surface area contributed by atoms with Crippen molar-refractivity contribution in [2.75, 3.05) is 11.6 Å². The number of anilines is 2. The summed E-state index contributed by atoms with van der Waals surface area (Å²) in [7, 11) is -3.05. The van der Waals surface area contributed by atoms with Crippen molar-refractivity contribution < 1.29 is 18.5 Å². The molecule has 7 nitrogen and oxygen atoms in total. The zero-order chi connectivity index (χ0) is 25.5. The molecule has 0 radical (unpaired) electrons. The van der Waals surface area contributed by atoms with Gasteiger partial charge in [0.05, 0.1) is 9.73 Å². The van der Waals surface area contributed by atoms with Gasteiger partial charge in [0, 0.05) is 28.9 Å². The number of hydrogen-bond donors (Lipinski definition) is 2. The molecular formula is C27H31N3O4S. The molecule has 0 saturated heterocycles. The molecule has 35 heavy (non-hydrogen) atoms. The van der Waals surface area contributed by atoms with Crippen molar-refractivity contribution in [2.24, 2.45) is 4.36 Å². The summed E-state index contributed by atoms with van der Waals surface area (Å²) >= 11 is 0. The van der Waals surface area contributed by atoms with E-state index >= 15 is 0 Å². The summed E-state index contributed by atoms with van der Waals surface area (Å²) in [6.45, 7) is 5.21. The number of amides is 2. The summed E-state index contributed by atoms with van der Waals surface area (Å²) in [5, 5.41) is 5.85. The van der Waals surface area contributed by atoms with Crippen LogP contribution in [0.5, 0.6) is 0 Å². The van der Waals surface area contributed by atoms with E-state index in [2.05, 4.69) is 15.0 Å². The van der Waals surface area contributed by atoms with Gasteiger partial charge in [0.1, 0.15) is 11.6 Å². The fraction of sp³-hybridized carbons (Fsp3) is 0.259. The second-order valence-electron chi connectivity index (χ2n) is 9.14. The maximum Gasteiger partial charge on any atom is 0.408 e. The zero-order valence-corrected chi connectivity index (χ0v) is 21.2. The van der Waals surface area contributed by atoms with E-state index in [9.17, 15) is 13.8 Å². The first-order valence-electron chi connectivity index (χ1n) is 11.2. The van der Waals surface area contributed by atoms with Gasteiger partial charge >= 0.3 is 6.09 Å². The minimum absolute atomic E-state index is 0.192. The molecule has 0 spiro atoms. The molecule has 3 rings (SSSR count). The molecule has 0 heterocycles. The van der Waals surface area contributed by atoms with Crippen LogP contribution in [0.3, 0.4) is 0 Å². The molecule has 0 aliphatic heterocycles. The van der Waals surface area contributed by atoms with E-state index in [4.69, 9.17) is 4.74 Å². The Morgan fingerprint density at radius 1 is 0.886 bits per heavy atom. The molecule has 3 aromatic carbocycles. The molecule has 0 aromatic heterocycles. The number of ether oxygens (including phenoxy) is 1. The summed E-state index contributed by atoms with van der Waals surface area (Å²) in [5.74, 6) is -0.682. The molecule has 2 atom stereocenters. The molecule has 3 aromatic rings. The van der Waals surface area contributed by atoms with E-state index in [0.717, 1.165) is 16.9 Å². The Labute approximate surface area is 207 Å². The Balaban J connectivity index is 1.81. The van der Waals surface area contributed by atoms with Crippen molar-refractivity contribution >= 4 is 33.1 Å². The molecule has 0 saturated carbocycles. The Morgan fingerprint density at radius 2 is 1.43 bits per heavy atom. The number of nitrogens with one attached hydrogen (secondary N) is 2. The average molecular weight is 494 g/mol. The minimum Gasteiger partial charge on any atom is -0.444 e. The van der Waals surface area contributed by atoms with Gasteiger partial charge in [-0.15, -0.1) is 0 Å². The predicted octanol–water partition coefficient (Wildman–Crippen LogP) is 5.55. The molecule has 0 aliphatic rings. The number of carbonyl (C=O) groups is 2. The van der Waals surface area contributed by atoms with Crippen LogP contribution in [0.2, 0.25) is 0 Å². The Morgan fingerprint density at radius 3 is 2.00 bits per heavy atom. The largest absolute Gasteiger partial charge is 0.444 e. The maximum atomic E-state index is 13.4. The van der Waals surface area contributed by atoms with Crippen LogP contribution in [0.15, 0.2) is 94.2 Å². The lowest BCUT2D eigenvalue weighted by Gasteiger charge is -2.22. The molecule has 0 unspecified atom stereocenters. The van der Waals surface area contributed by atoms with Gasteiger partial charge in [-0.2, -0.15) is 4.36 Å². The first-order chi connectivity index (χ1) is 16.5. The lowest BCUT2D eigenvalue weighted by atomic mass is 10.1. The highest BCUT2D eigenvalue weighted by atomic mass is 32.2. The summed E-state index contributed by atoms with van der Waals surface area (Å²) in [5.41, 5.74) is 1.84. The van der Waals surface area contributed by atoms with Crippen LogP contribution in [-0.2, 0) is 25.7 Å². The third-order valence-electron chi connectivity index (χ3n) is 4.89. The van der Waals surface area contributed by atoms with E-state index < -0.39 is 33.4 Å². The molecule has 2 N–H and O–H groups in total. The highest BCUT2D eigenvalue weighted by Gasteiger charge is 2.26. The number of benzene rings is 3. The van der Waals surface area contributed by atoms with Crippen LogP contribution < -0.4 is 10.6 Å². The Kier molecular flexibility index (Phi) is 8.30. The van der Waals surface area contributed by atoms with Crippen molar-refractivity contribution in [3.63, 3.8) is 0 Å². The monoisotopic (exact) mass is 493 g/mol. The van der Waals surface area contributed by atoms with Crippen LogP contribution in [0.1, 0.15) is 26.3 Å². The summed E-state index contributed by atoms with van der Waals surface area (Å²) in [6.07, 6.45) is 0.871. The van der Waals surface area contributed by atoms with Crippen LogP contribution >= 0.6 is 0 Å². The Bertz CT molecular complexity index is 1260. The van der Waals surface area contributed by atoms with Crippen LogP contribution in [0.4, 0.5) is 16.2 Å². The zero-order valence-electron chi connectivity index (χ0n) is 20.4. The topological polar surface area (TPSA) is 96.9 Å². The first-order valence-corrected chi connectivity index (χ1v) is 13.2. The first kappa shape index (κ1) is 26.0. The van der Waals surface area contributed by atoms with Crippen molar-refractivity contribution in [1.82, 2.24) is 5.32 Å². The number of carbonyl (C=O) groups excluding carboxylic acids is 2. The van der Waals surface area contributed by atoms with E-state index in [-0.39, 0.29) is 6.42 Å². The SMILES string of the molecule is CC(C)(C)OC(=O)N[C@@H](Cc1ccccc1)C(=O)N=[S@@](C)(=O)c1ccc(Nc2ccccc2)cc1. The van der Waals surface area contributed by atoms with Crippen LogP contribution in [0.25, 0.3) is 0 Å². The fourth-order valence-corrected chi connectivity index (χ4v) is 4.48. The summed E-state index contributed by atoms with van der Waals surface area (Å²) in [6, 6.07) is 24.8. The van der Waals surface area contributed by atoms with Gasteiger partial charge in [-0.05, 0) is 62.7 Å². The second kappa shape index (κ2) is 11.2. The van der Waals surface area contributed by atoms with E-state index in [1.54, 1.807) is 45.0 Å². The van der Waals surface area contributed by atoms with Gasteiger partial charge in [-0.1, -0.05) is 48.5 Å². The van der Waals surface area contributed by atoms with Gasteiger partial charge in [0.2, 0.25) is 0 Å². The van der Waals surface area contributed by atoms with Crippen molar-refractivity contribution in [3.8, 4) is 0 Å². The molecule has 0 aliphatic carbocycles. The van der Waals surface area contributed by atoms with Gasteiger partial charge in [-0.25, -0.2) is 9.00 Å². The number of rotatable bonds is 7. The summed E-state index contributed by atoms with van der Waals surface area (Å²) in [4.78, 5) is 25.9. The van der Waals surface area contributed by atoms with Gasteiger partial charge < -0.3 is 15.4 Å². The minimum atomic E-state index is -3.05. The molecule has 0 fully saturated rings. The highest BCUT2D eigenvalue weighted by molar-refractivity contribution is 7.93. The average Bonchev–Trinajstić information content (AvgIpc) is 2.79. The van der Waals surface area contributed by atoms with E-state index in [1.165, 1.54) is 6.26 Å². The smallest absolute Gasteiger partial charge is 0.408 e. The van der Waals surface area contributed by atoms with Gasteiger partial charge in [-0.3, -0.25) is 4.79 Å². The normalized spacial score (nSPS) is 13.7. The Hall–Kier alpha value is -3.65. The number of hydrogen-bond acceptors (Lipinski definition) is 5. The standard InChI is InChI=1S/C27H31N3O4S/c1-27(2,3)34-26(32)29-24(19-20-11-7-5-8-12-20)25(31)30-35(4,33)23-17-15-22(16-18-23)28-21-13-9-6-10-14-21/h5-18,24,28H,19H2,1-4H3,(H,29,32)/t24-,35-/m0/s1. The van der Waals surface area contributed by atoms with Crippen molar-refractivity contribution in [3.05, 3.63) is 90.5 Å². The molecule has 184 valence electrons. The van der Waals surface area contributed by atoms with E-state index in [1.807, 2.05) is 60.7 Å². The second-order valence-corrected chi connectivity index (χ2v) is 11.4. The predicted molar refractivity (Wildman–Crippen MR) is 139 cm³/mol. The van der Waals surface area contributed by atoms with Crippen LogP contribution in [-0.4, -0.2) is 34.1 Å². The molecule has 2 amide bonds.